The number of hydrogen-bond acceptors (Lipinski definition) is 5. The molecule has 4 rings (SSSR count). The van der Waals surface area contributed by atoms with Gasteiger partial charge in [0.25, 0.3) is 5.91 Å². The molecule has 2 amide bonds. The summed E-state index contributed by atoms with van der Waals surface area (Å²) in [6, 6.07) is 18.2. The average molecular weight is 447 g/mol. The minimum atomic E-state index is -0.748. The number of nitrogens with one attached hydrogen (secondary N) is 2. The molecule has 0 spiro atoms. The lowest BCUT2D eigenvalue weighted by molar-refractivity contribution is -0.118. The zero-order chi connectivity index (χ0) is 23.2. The van der Waals surface area contributed by atoms with Gasteiger partial charge in [0.15, 0.2) is 5.76 Å². The molecule has 172 valence electrons. The van der Waals surface area contributed by atoms with E-state index in [2.05, 4.69) is 33.5 Å². The van der Waals surface area contributed by atoms with Crippen LogP contribution in [0.4, 0.5) is 11.4 Å². The Hall–Kier alpha value is -3.58. The quantitative estimate of drug-likeness (QED) is 0.582. The molecule has 1 saturated heterocycles. The summed E-state index contributed by atoms with van der Waals surface area (Å²) in [5.74, 6) is -0.513. The van der Waals surface area contributed by atoms with Gasteiger partial charge in [-0.2, -0.15) is 0 Å². The van der Waals surface area contributed by atoms with Gasteiger partial charge in [-0.3, -0.25) is 9.59 Å². The average Bonchev–Trinajstić information content (AvgIpc) is 3.36. The number of carbonyl (C=O) groups is 2. The normalized spacial score (nSPS) is 15.2. The van der Waals surface area contributed by atoms with Crippen molar-refractivity contribution in [2.24, 2.45) is 0 Å². The number of anilines is 2. The van der Waals surface area contributed by atoms with Gasteiger partial charge in [-0.1, -0.05) is 30.3 Å². The van der Waals surface area contributed by atoms with Crippen LogP contribution in [0.2, 0.25) is 0 Å². The molecule has 2 aromatic carbocycles. The van der Waals surface area contributed by atoms with Crippen LogP contribution in [0.3, 0.4) is 0 Å². The molecule has 1 aliphatic rings. The van der Waals surface area contributed by atoms with Gasteiger partial charge in [-0.05, 0) is 55.4 Å². The Bertz CT molecular complexity index is 1070. The second kappa shape index (κ2) is 10.4. The Morgan fingerprint density at radius 3 is 2.42 bits per heavy atom. The molecule has 33 heavy (non-hydrogen) atoms. The van der Waals surface area contributed by atoms with Gasteiger partial charge in [0, 0.05) is 44.0 Å². The van der Waals surface area contributed by atoms with Crippen LogP contribution < -0.4 is 15.5 Å². The third-order valence-electron chi connectivity index (χ3n) is 5.99. The predicted octanol–water partition coefficient (Wildman–Crippen LogP) is 3.32. The van der Waals surface area contributed by atoms with Gasteiger partial charge in [-0.15, -0.1) is 0 Å². The van der Waals surface area contributed by atoms with Crippen molar-refractivity contribution in [2.45, 2.75) is 19.4 Å². The molecule has 0 aliphatic carbocycles. The number of aryl methyl sites for hydroxylation is 1. The van der Waals surface area contributed by atoms with Crippen LogP contribution in [0.25, 0.3) is 0 Å². The van der Waals surface area contributed by atoms with Gasteiger partial charge >= 0.3 is 0 Å². The van der Waals surface area contributed by atoms with Crippen LogP contribution in [0, 0.1) is 6.92 Å². The Labute approximate surface area is 194 Å². The monoisotopic (exact) mass is 446 g/mol. The molecule has 0 saturated carbocycles. The molecule has 1 atom stereocenters. The summed E-state index contributed by atoms with van der Waals surface area (Å²) in [6.45, 7) is 6.03. The van der Waals surface area contributed by atoms with Crippen molar-refractivity contribution in [3.63, 3.8) is 0 Å². The van der Waals surface area contributed by atoms with E-state index in [0.717, 1.165) is 48.7 Å². The summed E-state index contributed by atoms with van der Waals surface area (Å²) >= 11 is 0. The second-order valence-corrected chi connectivity index (χ2v) is 8.47. The third-order valence-corrected chi connectivity index (χ3v) is 5.99. The minimum Gasteiger partial charge on any atom is -0.459 e. The summed E-state index contributed by atoms with van der Waals surface area (Å²) in [4.78, 5) is 30.5. The van der Waals surface area contributed by atoms with Crippen molar-refractivity contribution in [3.8, 4) is 0 Å². The number of nitrogens with zero attached hydrogens (tertiary/aromatic N) is 2. The number of hydrogen-bond donors (Lipinski definition) is 2. The SMILES string of the molecule is Cc1cc(N2CCN(C)CC2)ccc1NC(=O)[C@H](Cc1ccccc1)NC(=O)c1ccco1. The van der Waals surface area contributed by atoms with E-state index < -0.39 is 11.9 Å². The van der Waals surface area contributed by atoms with E-state index >= 15 is 0 Å². The lowest BCUT2D eigenvalue weighted by Crippen LogP contribution is -2.45. The summed E-state index contributed by atoms with van der Waals surface area (Å²) in [6.07, 6.45) is 1.81. The molecule has 0 bridgehead atoms. The third kappa shape index (κ3) is 5.81. The number of carbonyl (C=O) groups excluding carboxylic acids is 2. The van der Waals surface area contributed by atoms with E-state index in [1.807, 2.05) is 49.4 Å². The largest absolute Gasteiger partial charge is 0.459 e. The topological polar surface area (TPSA) is 77.8 Å². The molecule has 1 fully saturated rings. The van der Waals surface area contributed by atoms with Crippen molar-refractivity contribution in [2.75, 3.05) is 43.4 Å². The maximum absolute atomic E-state index is 13.2. The molecule has 7 heteroatoms. The van der Waals surface area contributed by atoms with Crippen molar-refractivity contribution < 1.29 is 14.0 Å². The summed E-state index contributed by atoms with van der Waals surface area (Å²) < 4.78 is 5.19. The van der Waals surface area contributed by atoms with E-state index in [9.17, 15) is 9.59 Å². The number of likely N-dealkylation sites (N-methyl/N-ethyl adjacent to an activating group) is 1. The highest BCUT2D eigenvalue weighted by atomic mass is 16.3. The van der Waals surface area contributed by atoms with Gasteiger partial charge in [0.05, 0.1) is 6.26 Å². The smallest absolute Gasteiger partial charge is 0.287 e. The zero-order valence-corrected chi connectivity index (χ0v) is 19.1. The maximum atomic E-state index is 13.2. The number of amides is 2. The van der Waals surface area contributed by atoms with Crippen LogP contribution in [0.5, 0.6) is 0 Å². The molecular formula is C26H30N4O3. The summed E-state index contributed by atoms with van der Waals surface area (Å²) in [7, 11) is 2.14. The minimum absolute atomic E-state index is 0.175. The van der Waals surface area contributed by atoms with Gasteiger partial charge in [0.2, 0.25) is 5.91 Å². The van der Waals surface area contributed by atoms with E-state index in [1.54, 1.807) is 12.1 Å². The molecule has 2 heterocycles. The molecule has 0 radical (unpaired) electrons. The van der Waals surface area contributed by atoms with Crippen LogP contribution in [-0.4, -0.2) is 56.0 Å². The van der Waals surface area contributed by atoms with Crippen molar-refractivity contribution in [3.05, 3.63) is 83.8 Å². The first-order chi connectivity index (χ1) is 16.0. The fourth-order valence-electron chi connectivity index (χ4n) is 3.97. The number of rotatable bonds is 7. The Balaban J connectivity index is 1.48. The Kier molecular flexibility index (Phi) is 7.10. The first kappa shape index (κ1) is 22.6. The molecule has 1 aromatic heterocycles. The molecule has 3 aromatic rings. The molecule has 1 aliphatic heterocycles. The molecular weight excluding hydrogens is 416 g/mol. The van der Waals surface area contributed by atoms with E-state index in [4.69, 9.17) is 4.42 Å². The number of benzene rings is 2. The first-order valence-corrected chi connectivity index (χ1v) is 11.2. The molecule has 2 N–H and O–H groups in total. The van der Waals surface area contributed by atoms with E-state index in [-0.39, 0.29) is 11.7 Å². The zero-order valence-electron chi connectivity index (χ0n) is 19.1. The highest BCUT2D eigenvalue weighted by Crippen LogP contribution is 2.24. The maximum Gasteiger partial charge on any atom is 0.287 e. The predicted molar refractivity (Wildman–Crippen MR) is 130 cm³/mol. The van der Waals surface area contributed by atoms with Gasteiger partial charge in [0.1, 0.15) is 6.04 Å². The summed E-state index contributed by atoms with van der Waals surface area (Å²) in [5.41, 5.74) is 3.84. The molecule has 7 nitrogen and oxygen atoms in total. The fourth-order valence-corrected chi connectivity index (χ4v) is 3.97. The van der Waals surface area contributed by atoms with E-state index in [1.165, 1.54) is 6.26 Å². The second-order valence-electron chi connectivity index (χ2n) is 8.47. The highest BCUT2D eigenvalue weighted by Gasteiger charge is 2.24. The van der Waals surface area contributed by atoms with Crippen molar-refractivity contribution in [1.29, 1.82) is 0 Å². The Morgan fingerprint density at radius 2 is 1.76 bits per heavy atom. The van der Waals surface area contributed by atoms with Gasteiger partial charge in [-0.25, -0.2) is 0 Å². The van der Waals surface area contributed by atoms with Crippen molar-refractivity contribution >= 4 is 23.2 Å². The standard InChI is InChI=1S/C26H30N4O3/c1-19-17-21(30-14-12-29(2)13-15-30)10-11-22(19)27-25(31)23(18-20-7-4-3-5-8-20)28-26(32)24-9-6-16-33-24/h3-11,16-17,23H,12-15,18H2,1-2H3,(H,27,31)(H,28,32)/t23-/m0/s1. The fraction of sp³-hybridized carbons (Fsp3) is 0.308. The van der Waals surface area contributed by atoms with Gasteiger partial charge < -0.3 is 24.9 Å². The van der Waals surface area contributed by atoms with Crippen LogP contribution >= 0.6 is 0 Å². The van der Waals surface area contributed by atoms with Crippen LogP contribution in [0.1, 0.15) is 21.7 Å². The van der Waals surface area contributed by atoms with Crippen molar-refractivity contribution in [1.82, 2.24) is 10.2 Å². The van der Waals surface area contributed by atoms with E-state index in [0.29, 0.717) is 6.42 Å². The first-order valence-electron chi connectivity index (χ1n) is 11.2. The lowest BCUT2D eigenvalue weighted by Gasteiger charge is -2.34. The summed E-state index contributed by atoms with van der Waals surface area (Å²) in [5, 5.41) is 5.82. The molecule has 0 unspecified atom stereocenters. The highest BCUT2D eigenvalue weighted by molar-refractivity contribution is 6.00. The number of furan rings is 1. The van der Waals surface area contributed by atoms with Crippen LogP contribution in [0.15, 0.2) is 71.3 Å². The van der Waals surface area contributed by atoms with Crippen LogP contribution in [-0.2, 0) is 11.2 Å². The number of piperazine rings is 1. The lowest BCUT2D eigenvalue weighted by atomic mass is 10.0. The Morgan fingerprint density at radius 1 is 1.00 bits per heavy atom.